The fourth-order valence-corrected chi connectivity index (χ4v) is 1.99. The second kappa shape index (κ2) is 20.3. The highest BCUT2D eigenvalue weighted by molar-refractivity contribution is 5.81. The van der Waals surface area contributed by atoms with Crippen molar-refractivity contribution < 1.29 is 29.3 Å². The van der Waals surface area contributed by atoms with Gasteiger partial charge in [0.05, 0.1) is 6.61 Å². The second-order valence-electron chi connectivity index (χ2n) is 8.05. The number of hydrogen-bond donors (Lipinski definition) is 2. The van der Waals surface area contributed by atoms with Crippen LogP contribution in [0.2, 0.25) is 0 Å². The fourth-order valence-electron chi connectivity index (χ4n) is 1.99. The zero-order valence-electron chi connectivity index (χ0n) is 21.9. The van der Waals surface area contributed by atoms with Gasteiger partial charge in [-0.15, -0.1) is 0 Å². The van der Waals surface area contributed by atoms with Crippen LogP contribution in [-0.4, -0.2) is 34.4 Å². The van der Waals surface area contributed by atoms with E-state index in [9.17, 15) is 9.59 Å². The Morgan fingerprint density at radius 2 is 1.31 bits per heavy atom. The van der Waals surface area contributed by atoms with Crippen molar-refractivity contribution in [3.8, 4) is 11.5 Å². The van der Waals surface area contributed by atoms with Crippen LogP contribution in [0.4, 0.5) is 0 Å². The minimum Gasteiger partial charge on any atom is -0.508 e. The molecule has 0 aliphatic heterocycles. The third kappa shape index (κ3) is 21.8. The third-order valence-electron chi connectivity index (χ3n) is 3.76. The van der Waals surface area contributed by atoms with E-state index >= 15 is 0 Å². The van der Waals surface area contributed by atoms with E-state index in [1.807, 2.05) is 63.2 Å². The number of carboxylic acid groups (broad SMARTS) is 1. The summed E-state index contributed by atoms with van der Waals surface area (Å²) in [6.07, 6.45) is 7.84. The van der Waals surface area contributed by atoms with Crippen LogP contribution in [0.15, 0.2) is 87.0 Å². The van der Waals surface area contributed by atoms with Gasteiger partial charge < -0.3 is 19.7 Å². The van der Waals surface area contributed by atoms with Crippen LogP contribution in [0, 0.1) is 0 Å². The van der Waals surface area contributed by atoms with E-state index in [0.29, 0.717) is 5.75 Å². The predicted octanol–water partition coefficient (Wildman–Crippen LogP) is 7.31. The van der Waals surface area contributed by atoms with E-state index in [0.717, 1.165) is 42.1 Å². The summed E-state index contributed by atoms with van der Waals surface area (Å²) >= 11 is 0. The van der Waals surface area contributed by atoms with Gasteiger partial charge in [0, 0.05) is 12.2 Å². The number of hydrogen-bond acceptors (Lipinski definition) is 5. The van der Waals surface area contributed by atoms with Gasteiger partial charge in [-0.25, -0.2) is 9.59 Å². The lowest BCUT2D eigenvalue weighted by atomic mass is 10.2. The van der Waals surface area contributed by atoms with E-state index in [1.54, 1.807) is 18.2 Å². The Morgan fingerprint density at radius 1 is 0.861 bits per heavy atom. The number of rotatable bonds is 8. The van der Waals surface area contributed by atoms with Gasteiger partial charge in [-0.05, 0) is 62.6 Å². The van der Waals surface area contributed by atoms with Crippen LogP contribution in [0.25, 0.3) is 12.2 Å². The first-order valence-electron chi connectivity index (χ1n) is 11.4. The summed E-state index contributed by atoms with van der Waals surface area (Å²) in [5.41, 5.74) is 1.75. The molecule has 2 aromatic rings. The summed E-state index contributed by atoms with van der Waals surface area (Å²) in [5, 5.41) is 16.4. The van der Waals surface area contributed by atoms with Crippen LogP contribution >= 0.6 is 0 Å². The number of benzene rings is 2. The third-order valence-corrected chi connectivity index (χ3v) is 3.76. The Bertz CT molecular complexity index is 919. The summed E-state index contributed by atoms with van der Waals surface area (Å²) < 4.78 is 10.3. The molecule has 0 bridgehead atoms. The number of aromatic hydroxyl groups is 1. The molecule has 2 N–H and O–H groups in total. The SMILES string of the molecule is C=CC(=O)O.C=CC(=O)OC(C)(C)C.C=Cc1ccc(O)cc1.C=Cc1ccc(OCCCC)cc1. The number of phenolic OH excluding ortho intramolecular Hbond substituents is 1. The van der Waals surface area contributed by atoms with E-state index in [-0.39, 0.29) is 5.97 Å². The lowest BCUT2D eigenvalue weighted by Gasteiger charge is -2.17. The van der Waals surface area contributed by atoms with Crippen molar-refractivity contribution >= 4 is 24.1 Å². The fraction of sp³-hybridized carbons (Fsp3) is 0.267. The van der Waals surface area contributed by atoms with E-state index < -0.39 is 11.6 Å². The Kier molecular flexibility index (Phi) is 19.3. The van der Waals surface area contributed by atoms with Crippen LogP contribution in [0.3, 0.4) is 0 Å². The molecule has 0 saturated carbocycles. The van der Waals surface area contributed by atoms with Gasteiger partial charge in [-0.3, -0.25) is 0 Å². The van der Waals surface area contributed by atoms with Crippen LogP contribution < -0.4 is 4.74 Å². The van der Waals surface area contributed by atoms with Crippen LogP contribution in [0.5, 0.6) is 11.5 Å². The molecule has 2 rings (SSSR count). The maximum Gasteiger partial charge on any atom is 0.330 e. The Morgan fingerprint density at radius 3 is 1.61 bits per heavy atom. The average Bonchev–Trinajstić information content (AvgIpc) is 2.85. The summed E-state index contributed by atoms with van der Waals surface area (Å²) in [5.74, 6) is -0.118. The number of aliphatic carboxylic acids is 1. The number of carbonyl (C=O) groups excluding carboxylic acids is 1. The minimum absolute atomic E-state index is 0.292. The molecular formula is C30H40O6. The second-order valence-corrected chi connectivity index (χ2v) is 8.05. The zero-order chi connectivity index (χ0) is 28.0. The molecule has 0 aromatic heterocycles. The molecule has 0 fully saturated rings. The number of unbranched alkanes of at least 4 members (excludes halogenated alkanes) is 1. The van der Waals surface area contributed by atoms with E-state index in [2.05, 4.69) is 33.2 Å². The first kappa shape index (κ1) is 34.1. The first-order chi connectivity index (χ1) is 16.9. The van der Waals surface area contributed by atoms with Gasteiger partial charge in [0.2, 0.25) is 0 Å². The number of phenols is 1. The summed E-state index contributed by atoms with van der Waals surface area (Å²) in [7, 11) is 0. The standard InChI is InChI=1S/C12H16O.C8H8O.C7H12O2.C3H4O2/c1-3-5-10-13-12-8-6-11(4-2)7-9-12;1-2-7-3-5-8(9)6-4-7;1-5-6(8)9-7(2,3)4;1-2-3(4)5/h4,6-9H,2-3,5,10H2,1H3;2-6,9H,1H2;5H,1H2,2-4H3;2H,1H2,(H,4,5). The average molecular weight is 497 g/mol. The van der Waals surface area contributed by atoms with Gasteiger partial charge in [0.25, 0.3) is 0 Å². The highest BCUT2D eigenvalue weighted by atomic mass is 16.6. The number of carbonyl (C=O) groups is 2. The zero-order valence-corrected chi connectivity index (χ0v) is 21.9. The predicted molar refractivity (Wildman–Crippen MR) is 149 cm³/mol. The maximum atomic E-state index is 10.5. The molecule has 0 spiro atoms. The van der Waals surface area contributed by atoms with Crippen molar-refractivity contribution in [2.45, 2.75) is 46.1 Å². The molecule has 0 radical (unpaired) electrons. The normalized spacial score (nSPS) is 9.22. The Labute approximate surface area is 215 Å². The smallest absolute Gasteiger partial charge is 0.330 e. The topological polar surface area (TPSA) is 93.1 Å². The van der Waals surface area contributed by atoms with Gasteiger partial charge >= 0.3 is 11.9 Å². The molecule has 0 saturated heterocycles. The molecule has 0 heterocycles. The molecule has 6 nitrogen and oxygen atoms in total. The highest BCUT2D eigenvalue weighted by Crippen LogP contribution is 2.13. The quantitative estimate of drug-likeness (QED) is 0.226. The number of carboxylic acids is 1. The molecule has 0 unspecified atom stereocenters. The first-order valence-corrected chi connectivity index (χ1v) is 11.4. The largest absolute Gasteiger partial charge is 0.508 e. The van der Waals surface area contributed by atoms with Crippen molar-refractivity contribution in [3.63, 3.8) is 0 Å². The van der Waals surface area contributed by atoms with E-state index in [4.69, 9.17) is 19.7 Å². The molecular weight excluding hydrogens is 456 g/mol. The summed E-state index contributed by atoms with van der Waals surface area (Å²) in [6.45, 7) is 21.9. The lowest BCUT2D eigenvalue weighted by molar-refractivity contribution is -0.148. The van der Waals surface area contributed by atoms with Crippen LogP contribution in [0.1, 0.15) is 51.7 Å². The van der Waals surface area contributed by atoms with Crippen molar-refractivity contribution in [2.75, 3.05) is 6.61 Å². The van der Waals surface area contributed by atoms with Gasteiger partial charge in [0.1, 0.15) is 17.1 Å². The minimum atomic E-state index is -0.981. The molecule has 36 heavy (non-hydrogen) atoms. The van der Waals surface area contributed by atoms with Gasteiger partial charge in [-0.2, -0.15) is 0 Å². The van der Waals surface area contributed by atoms with Gasteiger partial charge in [-0.1, -0.05) is 76.1 Å². The van der Waals surface area contributed by atoms with Crippen molar-refractivity contribution in [3.05, 3.63) is 98.1 Å². The molecule has 0 amide bonds. The molecule has 2 aromatic carbocycles. The lowest BCUT2D eigenvalue weighted by Crippen LogP contribution is -2.22. The summed E-state index contributed by atoms with van der Waals surface area (Å²) in [4.78, 5) is 19.7. The Balaban J connectivity index is 0. The maximum absolute atomic E-state index is 10.5. The molecule has 0 aliphatic rings. The van der Waals surface area contributed by atoms with E-state index in [1.165, 1.54) is 6.42 Å². The molecule has 0 atom stereocenters. The van der Waals surface area contributed by atoms with Crippen molar-refractivity contribution in [1.82, 2.24) is 0 Å². The van der Waals surface area contributed by atoms with Crippen molar-refractivity contribution in [2.24, 2.45) is 0 Å². The monoisotopic (exact) mass is 496 g/mol. The summed E-state index contributed by atoms with van der Waals surface area (Å²) in [6, 6.07) is 14.9. The van der Waals surface area contributed by atoms with Crippen LogP contribution in [-0.2, 0) is 14.3 Å². The Hall–Kier alpha value is -4.06. The highest BCUT2D eigenvalue weighted by Gasteiger charge is 2.12. The van der Waals surface area contributed by atoms with Gasteiger partial charge in [0.15, 0.2) is 0 Å². The number of esters is 1. The molecule has 0 aliphatic carbocycles. The molecule has 6 heteroatoms. The van der Waals surface area contributed by atoms with Crippen molar-refractivity contribution in [1.29, 1.82) is 0 Å². The number of ether oxygens (including phenoxy) is 2. The molecule has 196 valence electrons.